The van der Waals surface area contributed by atoms with Gasteiger partial charge in [-0.2, -0.15) is 0 Å². The van der Waals surface area contributed by atoms with Crippen LogP contribution >= 0.6 is 0 Å². The Morgan fingerprint density at radius 3 is 2.58 bits per heavy atom. The number of rotatable bonds is 5. The molecule has 1 saturated heterocycles. The fourth-order valence-electron chi connectivity index (χ4n) is 5.68. The van der Waals surface area contributed by atoms with Crippen molar-refractivity contribution < 1.29 is 14.3 Å². The van der Waals surface area contributed by atoms with Crippen molar-refractivity contribution in [2.45, 2.75) is 24.9 Å². The van der Waals surface area contributed by atoms with Gasteiger partial charge in [-0.25, -0.2) is 0 Å². The standard InChI is InChI=1S/C30H31N3O3/c1-32-14-11-30(12-15-32)20-33(29(34)23-8-9-25-22(16-23)10-13-31-25)26-18-28(27(35-2)17-24(26)30)36-19-21-6-4-3-5-7-21/h3-10,13,16-18,31H,11-12,14-15,19-20H2,1-2H3. The second-order valence-corrected chi connectivity index (χ2v) is 10.0. The molecule has 1 fully saturated rings. The Kier molecular flexibility index (Phi) is 5.69. The SMILES string of the molecule is COc1cc2c(cc1OCc1ccccc1)N(C(=O)c1ccc3[nH]ccc3c1)CC21CCN(C)CC1. The first kappa shape index (κ1) is 22.7. The molecule has 1 aromatic heterocycles. The molecule has 0 unspecified atom stereocenters. The lowest BCUT2D eigenvalue weighted by Crippen LogP contribution is -2.44. The molecule has 1 N–H and O–H groups in total. The third kappa shape index (κ3) is 3.91. The second-order valence-electron chi connectivity index (χ2n) is 10.0. The zero-order chi connectivity index (χ0) is 24.7. The predicted molar refractivity (Wildman–Crippen MR) is 142 cm³/mol. The molecule has 4 aromatic rings. The average molecular weight is 482 g/mol. The maximum absolute atomic E-state index is 13.9. The number of anilines is 1. The summed E-state index contributed by atoms with van der Waals surface area (Å²) in [7, 11) is 3.85. The van der Waals surface area contributed by atoms with Gasteiger partial charge in [-0.05, 0) is 74.4 Å². The summed E-state index contributed by atoms with van der Waals surface area (Å²) in [6.45, 7) is 3.12. The van der Waals surface area contributed by atoms with Crippen LogP contribution in [-0.2, 0) is 12.0 Å². The lowest BCUT2D eigenvalue weighted by atomic mass is 9.74. The number of aromatic nitrogens is 1. The van der Waals surface area contributed by atoms with E-state index >= 15 is 0 Å². The number of methoxy groups -OCH3 is 1. The van der Waals surface area contributed by atoms with Gasteiger partial charge in [0.1, 0.15) is 6.61 Å². The van der Waals surface area contributed by atoms with Gasteiger partial charge in [0.05, 0.1) is 12.8 Å². The Morgan fingerprint density at radius 2 is 1.81 bits per heavy atom. The fraction of sp³-hybridized carbons (Fsp3) is 0.300. The molecule has 0 radical (unpaired) electrons. The van der Waals surface area contributed by atoms with Gasteiger partial charge < -0.3 is 24.3 Å². The summed E-state index contributed by atoms with van der Waals surface area (Å²) in [5.41, 5.74) is 4.85. The Bertz CT molecular complexity index is 1400. The van der Waals surface area contributed by atoms with E-state index < -0.39 is 0 Å². The molecule has 1 amide bonds. The molecular weight excluding hydrogens is 450 g/mol. The van der Waals surface area contributed by atoms with Gasteiger partial charge >= 0.3 is 0 Å². The molecule has 184 valence electrons. The van der Waals surface area contributed by atoms with Crippen molar-refractivity contribution in [3.05, 3.63) is 89.6 Å². The van der Waals surface area contributed by atoms with Crippen molar-refractivity contribution in [2.24, 2.45) is 0 Å². The number of benzene rings is 3. The van der Waals surface area contributed by atoms with E-state index in [4.69, 9.17) is 9.47 Å². The minimum atomic E-state index is -0.0824. The van der Waals surface area contributed by atoms with Crippen LogP contribution < -0.4 is 14.4 Å². The Balaban J connectivity index is 1.40. The molecule has 0 aliphatic carbocycles. The monoisotopic (exact) mass is 481 g/mol. The van der Waals surface area contributed by atoms with Crippen molar-refractivity contribution in [2.75, 3.05) is 38.7 Å². The van der Waals surface area contributed by atoms with Crippen molar-refractivity contribution >= 4 is 22.5 Å². The second kappa shape index (κ2) is 9.03. The fourth-order valence-corrected chi connectivity index (χ4v) is 5.68. The minimum absolute atomic E-state index is 0.0225. The number of hydrogen-bond acceptors (Lipinski definition) is 4. The number of aromatic amines is 1. The maximum Gasteiger partial charge on any atom is 0.258 e. The molecule has 3 heterocycles. The van der Waals surface area contributed by atoms with Crippen molar-refractivity contribution in [3.8, 4) is 11.5 Å². The zero-order valence-corrected chi connectivity index (χ0v) is 20.8. The molecule has 0 atom stereocenters. The first-order valence-electron chi connectivity index (χ1n) is 12.5. The normalized spacial score (nSPS) is 16.9. The summed E-state index contributed by atoms with van der Waals surface area (Å²) in [6.07, 6.45) is 3.91. The van der Waals surface area contributed by atoms with Crippen LogP contribution in [0, 0.1) is 0 Å². The smallest absolute Gasteiger partial charge is 0.258 e. The largest absolute Gasteiger partial charge is 0.493 e. The molecular formula is C30H31N3O3. The molecule has 2 aliphatic rings. The van der Waals surface area contributed by atoms with E-state index in [1.807, 2.05) is 71.8 Å². The molecule has 1 spiro atoms. The molecule has 0 bridgehead atoms. The summed E-state index contributed by atoms with van der Waals surface area (Å²) in [4.78, 5) is 21.5. The van der Waals surface area contributed by atoms with Gasteiger partial charge in [-0.15, -0.1) is 0 Å². The molecule has 3 aromatic carbocycles. The summed E-state index contributed by atoms with van der Waals surface area (Å²) in [5.74, 6) is 1.39. The predicted octanol–water partition coefficient (Wildman–Crippen LogP) is 5.38. The highest BCUT2D eigenvalue weighted by Gasteiger charge is 2.47. The third-order valence-corrected chi connectivity index (χ3v) is 7.83. The summed E-state index contributed by atoms with van der Waals surface area (Å²) >= 11 is 0. The number of H-pyrrole nitrogens is 1. The van der Waals surface area contributed by atoms with Crippen LogP contribution in [0.25, 0.3) is 10.9 Å². The van der Waals surface area contributed by atoms with Gasteiger partial charge in [0.2, 0.25) is 0 Å². The van der Waals surface area contributed by atoms with Crippen molar-refractivity contribution in [3.63, 3.8) is 0 Å². The quantitative estimate of drug-likeness (QED) is 0.416. The molecule has 6 rings (SSSR count). The van der Waals surface area contributed by atoms with Crippen LogP contribution in [0.5, 0.6) is 11.5 Å². The molecule has 6 heteroatoms. The highest BCUT2D eigenvalue weighted by molar-refractivity contribution is 6.09. The lowest BCUT2D eigenvalue weighted by Gasteiger charge is -2.38. The zero-order valence-electron chi connectivity index (χ0n) is 20.8. The van der Waals surface area contributed by atoms with Crippen LogP contribution in [0.2, 0.25) is 0 Å². The number of hydrogen-bond donors (Lipinski definition) is 1. The van der Waals surface area contributed by atoms with Gasteiger partial charge in [0.15, 0.2) is 11.5 Å². The maximum atomic E-state index is 13.9. The van der Waals surface area contributed by atoms with Crippen LogP contribution in [0.1, 0.15) is 34.3 Å². The van der Waals surface area contributed by atoms with E-state index in [1.165, 1.54) is 5.56 Å². The molecule has 0 saturated carbocycles. The molecule has 36 heavy (non-hydrogen) atoms. The van der Waals surface area contributed by atoms with Crippen LogP contribution in [0.3, 0.4) is 0 Å². The van der Waals surface area contributed by atoms with E-state index in [1.54, 1.807) is 7.11 Å². The summed E-state index contributed by atoms with van der Waals surface area (Å²) < 4.78 is 12.0. The van der Waals surface area contributed by atoms with E-state index in [-0.39, 0.29) is 11.3 Å². The highest BCUT2D eigenvalue weighted by Crippen LogP contribution is 2.51. The number of piperidine rings is 1. The van der Waals surface area contributed by atoms with Crippen LogP contribution in [-0.4, -0.2) is 49.6 Å². The number of carbonyl (C=O) groups excluding carboxylic acids is 1. The molecule has 6 nitrogen and oxygen atoms in total. The number of ether oxygens (including phenoxy) is 2. The van der Waals surface area contributed by atoms with Crippen molar-refractivity contribution in [1.82, 2.24) is 9.88 Å². The van der Waals surface area contributed by atoms with E-state index in [2.05, 4.69) is 23.0 Å². The number of amides is 1. The minimum Gasteiger partial charge on any atom is -0.493 e. The number of carbonyl (C=O) groups is 1. The topological polar surface area (TPSA) is 57.8 Å². The van der Waals surface area contributed by atoms with E-state index in [9.17, 15) is 4.79 Å². The summed E-state index contributed by atoms with van der Waals surface area (Å²) in [6, 6.07) is 22.1. The number of nitrogens with one attached hydrogen (secondary N) is 1. The van der Waals surface area contributed by atoms with Gasteiger partial charge in [0.25, 0.3) is 5.91 Å². The van der Waals surface area contributed by atoms with Gasteiger partial charge in [0, 0.05) is 40.7 Å². The van der Waals surface area contributed by atoms with Gasteiger partial charge in [-0.3, -0.25) is 4.79 Å². The van der Waals surface area contributed by atoms with Crippen LogP contribution in [0.15, 0.2) is 72.9 Å². The first-order valence-corrected chi connectivity index (χ1v) is 12.5. The van der Waals surface area contributed by atoms with Crippen molar-refractivity contribution in [1.29, 1.82) is 0 Å². The molecule has 2 aliphatic heterocycles. The Hall–Kier alpha value is -3.77. The number of likely N-dealkylation sites (tertiary alicyclic amines) is 1. The third-order valence-electron chi connectivity index (χ3n) is 7.83. The average Bonchev–Trinajstić information content (AvgIpc) is 3.51. The number of fused-ring (bicyclic) bond motifs is 3. The number of nitrogens with zero attached hydrogens (tertiary/aromatic N) is 2. The van der Waals surface area contributed by atoms with E-state index in [0.717, 1.165) is 48.1 Å². The lowest BCUT2D eigenvalue weighted by molar-refractivity contribution is 0.0979. The first-order chi connectivity index (χ1) is 17.6. The summed E-state index contributed by atoms with van der Waals surface area (Å²) in [5, 5.41) is 1.04. The highest BCUT2D eigenvalue weighted by atomic mass is 16.5. The Labute approximate surface area is 211 Å². The van der Waals surface area contributed by atoms with Crippen LogP contribution in [0.4, 0.5) is 5.69 Å². The van der Waals surface area contributed by atoms with E-state index in [0.29, 0.717) is 30.2 Å². The van der Waals surface area contributed by atoms with Gasteiger partial charge in [-0.1, -0.05) is 30.3 Å². The Morgan fingerprint density at radius 1 is 1.00 bits per heavy atom.